The van der Waals surface area contributed by atoms with Crippen LogP contribution in [-0.2, 0) is 19.4 Å². The number of nitrogens with one attached hydrogen (secondary N) is 2. The van der Waals surface area contributed by atoms with Crippen molar-refractivity contribution in [2.75, 3.05) is 19.3 Å². The number of carbonyl (C=O) groups is 2. The second-order valence-corrected chi connectivity index (χ2v) is 14.7. The molecule has 0 aromatic carbocycles. The first kappa shape index (κ1) is 31.9. The molecule has 40 heavy (non-hydrogen) atoms. The van der Waals surface area contributed by atoms with Gasteiger partial charge in [-0.2, -0.15) is 0 Å². The van der Waals surface area contributed by atoms with Gasteiger partial charge in [0.15, 0.2) is 9.84 Å². The van der Waals surface area contributed by atoms with Crippen LogP contribution < -0.4 is 10.6 Å². The summed E-state index contributed by atoms with van der Waals surface area (Å²) in [7, 11) is -3.50. The lowest BCUT2D eigenvalue weighted by Gasteiger charge is -2.37. The number of amides is 2. The molecule has 1 saturated heterocycles. The Bertz CT molecular complexity index is 1300. The fraction of sp³-hybridized carbons (Fsp3) is 0.548. The number of hydrogen-bond donors (Lipinski definition) is 2. The van der Waals surface area contributed by atoms with Crippen LogP contribution in [0.3, 0.4) is 0 Å². The fourth-order valence-corrected chi connectivity index (χ4v) is 6.19. The van der Waals surface area contributed by atoms with Crippen LogP contribution in [-0.4, -0.2) is 50.0 Å². The van der Waals surface area contributed by atoms with Gasteiger partial charge in [-0.25, -0.2) is 8.42 Å². The number of halogens is 1. The molecular weight excluding hydrogens is 546 g/mol. The molecule has 0 radical (unpaired) electrons. The van der Waals surface area contributed by atoms with E-state index in [9.17, 15) is 18.0 Å². The topological polar surface area (TPSA) is 95.6 Å². The number of nitrogens with zero attached hydrogens (tertiary/aromatic N) is 1. The third-order valence-electron chi connectivity index (χ3n) is 7.33. The van der Waals surface area contributed by atoms with Gasteiger partial charge in [0.1, 0.15) is 0 Å². The Kier molecular flexibility index (Phi) is 10.7. The Labute approximate surface area is 245 Å². The van der Waals surface area contributed by atoms with Crippen LogP contribution in [0.4, 0.5) is 0 Å². The van der Waals surface area contributed by atoms with E-state index in [0.717, 1.165) is 36.1 Å². The van der Waals surface area contributed by atoms with E-state index < -0.39 is 9.84 Å². The Balaban J connectivity index is 1.88. The highest BCUT2D eigenvalue weighted by Gasteiger charge is 2.28. The van der Waals surface area contributed by atoms with Crippen molar-refractivity contribution in [3.63, 3.8) is 0 Å². The minimum absolute atomic E-state index is 0.0633. The lowest BCUT2D eigenvalue weighted by molar-refractivity contribution is -0.123. The van der Waals surface area contributed by atoms with Gasteiger partial charge in [-0.05, 0) is 103 Å². The SMILES string of the molecule is CC1=CC=C(Cl)C=C(C(=O)NC2=CC(S(C)(=O)=O)=CCCC(C)=C2N2CCC(CC(=O)NC(C)(C)C)CC2)CC1. The standard InChI is InChI=1S/C31H44ClN3O4S/c1-21-10-12-24(19-25(32)13-11-21)30(37)33-27-20-26(40(6,38)39)9-7-8-22(2)29(27)35-16-14-23(15-17-35)18-28(36)34-31(3,4)5/h9,11,13,19-20,23H,7-8,10,12,14-18H2,1-6H3,(H,33,37)(H,34,36). The molecule has 2 amide bonds. The maximum atomic E-state index is 13.6. The van der Waals surface area contributed by atoms with Gasteiger partial charge in [0.05, 0.1) is 16.3 Å². The van der Waals surface area contributed by atoms with Gasteiger partial charge in [0, 0.05) is 41.9 Å². The van der Waals surface area contributed by atoms with Crippen LogP contribution in [0, 0.1) is 5.92 Å². The second-order valence-electron chi connectivity index (χ2n) is 12.2. The van der Waals surface area contributed by atoms with E-state index in [0.29, 0.717) is 55.1 Å². The molecule has 0 aromatic rings. The van der Waals surface area contributed by atoms with Crippen molar-refractivity contribution in [1.82, 2.24) is 15.5 Å². The summed E-state index contributed by atoms with van der Waals surface area (Å²) in [6.07, 6.45) is 14.6. The lowest BCUT2D eigenvalue weighted by Crippen LogP contribution is -2.43. The molecule has 0 saturated carbocycles. The van der Waals surface area contributed by atoms with E-state index >= 15 is 0 Å². The largest absolute Gasteiger partial charge is 0.370 e. The molecule has 0 atom stereocenters. The van der Waals surface area contributed by atoms with Crippen LogP contribution in [0.5, 0.6) is 0 Å². The average molecular weight is 590 g/mol. The van der Waals surface area contributed by atoms with E-state index in [2.05, 4.69) is 15.5 Å². The van der Waals surface area contributed by atoms with Gasteiger partial charge in [0.25, 0.3) is 5.91 Å². The minimum Gasteiger partial charge on any atom is -0.370 e. The van der Waals surface area contributed by atoms with Gasteiger partial charge in [0.2, 0.25) is 5.91 Å². The van der Waals surface area contributed by atoms with Crippen molar-refractivity contribution in [2.24, 2.45) is 5.92 Å². The summed E-state index contributed by atoms with van der Waals surface area (Å²) in [4.78, 5) is 28.5. The summed E-state index contributed by atoms with van der Waals surface area (Å²) < 4.78 is 25.2. The maximum Gasteiger partial charge on any atom is 0.251 e. The van der Waals surface area contributed by atoms with Crippen LogP contribution in [0.1, 0.15) is 79.6 Å². The summed E-state index contributed by atoms with van der Waals surface area (Å²) in [5.74, 6) is 0.0418. The smallest absolute Gasteiger partial charge is 0.251 e. The average Bonchev–Trinajstić information content (AvgIpc) is 2.81. The van der Waals surface area contributed by atoms with E-state index in [-0.39, 0.29) is 28.2 Å². The normalized spacial score (nSPS) is 20.1. The number of carbonyl (C=O) groups excluding carboxylic acids is 2. The molecule has 3 rings (SSSR count). The third kappa shape index (κ3) is 9.51. The molecule has 220 valence electrons. The third-order valence-corrected chi connectivity index (χ3v) is 8.70. The monoisotopic (exact) mass is 589 g/mol. The van der Waals surface area contributed by atoms with Crippen LogP contribution in [0.15, 0.2) is 68.4 Å². The van der Waals surface area contributed by atoms with Crippen molar-refractivity contribution >= 4 is 33.3 Å². The molecule has 1 aliphatic heterocycles. The number of rotatable bonds is 6. The molecule has 2 N–H and O–H groups in total. The summed E-state index contributed by atoms with van der Waals surface area (Å²) >= 11 is 6.34. The van der Waals surface area contributed by atoms with E-state index in [1.807, 2.05) is 40.7 Å². The maximum absolute atomic E-state index is 13.6. The summed E-state index contributed by atoms with van der Waals surface area (Å²) in [5, 5.41) is 6.59. The van der Waals surface area contributed by atoms with Gasteiger partial charge < -0.3 is 15.5 Å². The molecule has 0 bridgehead atoms. The first-order valence-corrected chi connectivity index (χ1v) is 16.3. The Morgan fingerprint density at radius 2 is 1.73 bits per heavy atom. The van der Waals surface area contributed by atoms with Crippen LogP contribution >= 0.6 is 11.6 Å². The van der Waals surface area contributed by atoms with E-state index in [1.165, 1.54) is 6.26 Å². The quantitative estimate of drug-likeness (QED) is 0.409. The lowest BCUT2D eigenvalue weighted by atomic mass is 9.91. The van der Waals surface area contributed by atoms with Crippen molar-refractivity contribution in [3.05, 3.63) is 68.4 Å². The molecule has 7 nitrogen and oxygen atoms in total. The molecular formula is C31H44ClN3O4S. The van der Waals surface area contributed by atoms with Gasteiger partial charge >= 0.3 is 0 Å². The molecule has 0 spiro atoms. The molecule has 9 heteroatoms. The predicted molar refractivity (Wildman–Crippen MR) is 163 cm³/mol. The second kappa shape index (κ2) is 13.4. The zero-order valence-electron chi connectivity index (χ0n) is 24.7. The number of likely N-dealkylation sites (tertiary alicyclic amines) is 1. The molecule has 2 aliphatic carbocycles. The first-order valence-electron chi connectivity index (χ1n) is 14.1. The van der Waals surface area contributed by atoms with Crippen molar-refractivity contribution in [1.29, 1.82) is 0 Å². The first-order chi connectivity index (χ1) is 18.6. The van der Waals surface area contributed by atoms with Crippen molar-refractivity contribution in [3.8, 4) is 0 Å². The zero-order valence-corrected chi connectivity index (χ0v) is 26.3. The Hall–Kier alpha value is -2.58. The van der Waals surface area contributed by atoms with Gasteiger partial charge in [-0.3, -0.25) is 9.59 Å². The summed E-state index contributed by atoms with van der Waals surface area (Å²) in [6, 6.07) is 0. The molecule has 1 heterocycles. The van der Waals surface area contributed by atoms with Crippen molar-refractivity contribution in [2.45, 2.75) is 85.1 Å². The molecule has 3 aliphatic rings. The number of piperidine rings is 1. The van der Waals surface area contributed by atoms with Gasteiger partial charge in [-0.15, -0.1) is 0 Å². The zero-order chi connectivity index (χ0) is 29.7. The predicted octanol–water partition coefficient (Wildman–Crippen LogP) is 5.79. The van der Waals surface area contributed by atoms with Gasteiger partial charge in [-0.1, -0.05) is 29.3 Å². The van der Waals surface area contributed by atoms with E-state index in [4.69, 9.17) is 11.6 Å². The highest BCUT2D eigenvalue weighted by molar-refractivity contribution is 7.94. The molecule has 1 fully saturated rings. The number of hydrogen-bond acceptors (Lipinski definition) is 5. The number of allylic oxidation sites excluding steroid dienone is 8. The Morgan fingerprint density at radius 3 is 2.35 bits per heavy atom. The highest BCUT2D eigenvalue weighted by atomic mass is 35.5. The highest BCUT2D eigenvalue weighted by Crippen LogP contribution is 2.32. The fourth-order valence-electron chi connectivity index (χ4n) is 5.24. The number of sulfone groups is 1. The summed E-state index contributed by atoms with van der Waals surface area (Å²) in [5.41, 5.74) is 3.84. The Morgan fingerprint density at radius 1 is 1.05 bits per heavy atom. The summed E-state index contributed by atoms with van der Waals surface area (Å²) in [6.45, 7) is 11.4. The van der Waals surface area contributed by atoms with Crippen molar-refractivity contribution < 1.29 is 18.0 Å². The molecule has 0 aromatic heterocycles. The molecule has 0 unspecified atom stereocenters. The van der Waals surface area contributed by atoms with E-state index in [1.54, 1.807) is 24.3 Å². The van der Waals surface area contributed by atoms with Crippen LogP contribution in [0.2, 0.25) is 0 Å². The minimum atomic E-state index is -3.50. The van der Waals surface area contributed by atoms with Crippen LogP contribution in [0.25, 0.3) is 0 Å².